The van der Waals surface area contributed by atoms with E-state index in [4.69, 9.17) is 27.9 Å². The van der Waals surface area contributed by atoms with Gasteiger partial charge in [0.2, 0.25) is 11.8 Å². The van der Waals surface area contributed by atoms with Crippen LogP contribution in [0.1, 0.15) is 30.7 Å². The Bertz CT molecular complexity index is 839. The number of pyridine rings is 1. The van der Waals surface area contributed by atoms with Gasteiger partial charge in [0.05, 0.1) is 11.6 Å². The zero-order valence-corrected chi connectivity index (χ0v) is 18.4. The van der Waals surface area contributed by atoms with Crippen LogP contribution in [0.3, 0.4) is 0 Å². The van der Waals surface area contributed by atoms with E-state index in [-0.39, 0.29) is 11.8 Å². The van der Waals surface area contributed by atoms with Crippen molar-refractivity contribution in [3.8, 4) is 5.88 Å². The van der Waals surface area contributed by atoms with Gasteiger partial charge in [0, 0.05) is 42.2 Å². The number of halogens is 2. The zero-order chi connectivity index (χ0) is 20.9. The second-order valence-corrected chi connectivity index (χ2v) is 9.01. The number of piperidine rings is 1. The molecule has 0 bridgehead atoms. The molecule has 160 valence electrons. The van der Waals surface area contributed by atoms with E-state index in [1.807, 2.05) is 12.1 Å². The molecule has 2 aliphatic rings. The number of benzene rings is 1. The van der Waals surface area contributed by atoms with Crippen LogP contribution in [0.4, 0.5) is 0 Å². The molecule has 0 saturated carbocycles. The number of hydrogen-bond donors (Lipinski definition) is 1. The summed E-state index contributed by atoms with van der Waals surface area (Å²) in [5, 5.41) is 4.66. The van der Waals surface area contributed by atoms with Crippen LogP contribution in [0.25, 0.3) is 0 Å². The summed E-state index contributed by atoms with van der Waals surface area (Å²) in [6, 6.07) is 11.6. The minimum atomic E-state index is 0.144. The maximum absolute atomic E-state index is 13.1. The first-order valence-electron chi connectivity index (χ1n) is 10.6. The third-order valence-corrected chi connectivity index (χ3v) is 6.65. The quantitative estimate of drug-likeness (QED) is 0.712. The SMILES string of the molecule is O=C(C1CCNCC1)N1C[C@H](CCOc2ccc(Cl)cn2)[C@@H](c2ccc(Cl)cc2)C1. The molecule has 2 aliphatic heterocycles. The highest BCUT2D eigenvalue weighted by molar-refractivity contribution is 6.30. The van der Waals surface area contributed by atoms with Crippen molar-refractivity contribution in [2.75, 3.05) is 32.8 Å². The highest BCUT2D eigenvalue weighted by Crippen LogP contribution is 2.36. The lowest BCUT2D eigenvalue weighted by Gasteiger charge is -2.27. The molecule has 0 spiro atoms. The average Bonchev–Trinajstić information content (AvgIpc) is 3.20. The monoisotopic (exact) mass is 447 g/mol. The van der Waals surface area contributed by atoms with Crippen LogP contribution in [-0.4, -0.2) is 48.6 Å². The first-order valence-corrected chi connectivity index (χ1v) is 11.3. The molecule has 1 N–H and O–H groups in total. The van der Waals surface area contributed by atoms with Crippen LogP contribution in [0.15, 0.2) is 42.6 Å². The Morgan fingerprint density at radius 3 is 2.50 bits per heavy atom. The summed E-state index contributed by atoms with van der Waals surface area (Å²) in [5.74, 6) is 1.64. The number of nitrogens with one attached hydrogen (secondary N) is 1. The first kappa shape index (κ1) is 21.4. The van der Waals surface area contributed by atoms with Crippen molar-refractivity contribution in [1.82, 2.24) is 15.2 Å². The average molecular weight is 448 g/mol. The Kier molecular flexibility index (Phi) is 7.13. The largest absolute Gasteiger partial charge is 0.478 e. The second-order valence-electron chi connectivity index (χ2n) is 8.14. The maximum Gasteiger partial charge on any atom is 0.225 e. The Balaban J connectivity index is 1.43. The molecule has 2 aromatic rings. The highest BCUT2D eigenvalue weighted by atomic mass is 35.5. The van der Waals surface area contributed by atoms with E-state index in [1.165, 1.54) is 5.56 Å². The van der Waals surface area contributed by atoms with E-state index in [1.54, 1.807) is 18.3 Å². The summed E-state index contributed by atoms with van der Waals surface area (Å²) >= 11 is 12.0. The van der Waals surface area contributed by atoms with Gasteiger partial charge in [-0.3, -0.25) is 4.79 Å². The number of hydrogen-bond acceptors (Lipinski definition) is 4. The van der Waals surface area contributed by atoms with Crippen LogP contribution in [0, 0.1) is 11.8 Å². The van der Waals surface area contributed by atoms with Crippen molar-refractivity contribution < 1.29 is 9.53 Å². The smallest absolute Gasteiger partial charge is 0.225 e. The van der Waals surface area contributed by atoms with Gasteiger partial charge in [-0.1, -0.05) is 35.3 Å². The summed E-state index contributed by atoms with van der Waals surface area (Å²) in [7, 11) is 0. The maximum atomic E-state index is 13.1. The Hall–Kier alpha value is -1.82. The Morgan fingerprint density at radius 1 is 1.07 bits per heavy atom. The van der Waals surface area contributed by atoms with Crippen LogP contribution in [-0.2, 0) is 4.79 Å². The summed E-state index contributed by atoms with van der Waals surface area (Å²) in [6.45, 7) is 3.94. The third-order valence-electron chi connectivity index (χ3n) is 6.18. The van der Waals surface area contributed by atoms with Gasteiger partial charge >= 0.3 is 0 Å². The van der Waals surface area contributed by atoms with Gasteiger partial charge in [-0.2, -0.15) is 0 Å². The zero-order valence-electron chi connectivity index (χ0n) is 16.9. The van der Waals surface area contributed by atoms with Gasteiger partial charge in [0.1, 0.15) is 0 Å². The minimum Gasteiger partial charge on any atom is -0.478 e. The fourth-order valence-electron chi connectivity index (χ4n) is 4.52. The van der Waals surface area contributed by atoms with Crippen molar-refractivity contribution in [1.29, 1.82) is 0 Å². The van der Waals surface area contributed by atoms with Gasteiger partial charge < -0.3 is 15.0 Å². The topological polar surface area (TPSA) is 54.5 Å². The van der Waals surface area contributed by atoms with Crippen LogP contribution >= 0.6 is 23.2 Å². The molecule has 7 heteroatoms. The van der Waals surface area contributed by atoms with E-state index in [9.17, 15) is 4.79 Å². The van der Waals surface area contributed by atoms with Gasteiger partial charge in [-0.15, -0.1) is 0 Å². The molecule has 0 unspecified atom stereocenters. The molecule has 5 nitrogen and oxygen atoms in total. The van der Waals surface area contributed by atoms with E-state index in [0.717, 1.165) is 50.5 Å². The number of amides is 1. The van der Waals surface area contributed by atoms with Crippen molar-refractivity contribution in [2.24, 2.45) is 11.8 Å². The van der Waals surface area contributed by atoms with E-state index in [0.29, 0.717) is 29.3 Å². The number of carbonyl (C=O) groups excluding carboxylic acids is 1. The fraction of sp³-hybridized carbons (Fsp3) is 0.478. The number of aromatic nitrogens is 1. The van der Waals surface area contributed by atoms with Gasteiger partial charge in [0.25, 0.3) is 0 Å². The predicted molar refractivity (Wildman–Crippen MR) is 119 cm³/mol. The predicted octanol–water partition coefficient (Wildman–Crippen LogP) is 4.40. The lowest BCUT2D eigenvalue weighted by atomic mass is 9.87. The summed E-state index contributed by atoms with van der Waals surface area (Å²) < 4.78 is 5.84. The summed E-state index contributed by atoms with van der Waals surface area (Å²) in [4.78, 5) is 19.4. The van der Waals surface area contributed by atoms with Crippen molar-refractivity contribution in [3.05, 3.63) is 58.2 Å². The second kappa shape index (κ2) is 9.99. The third kappa shape index (κ3) is 5.26. The molecule has 3 heterocycles. The molecule has 30 heavy (non-hydrogen) atoms. The molecule has 4 rings (SSSR count). The first-order chi connectivity index (χ1) is 14.6. The molecule has 1 amide bonds. The lowest BCUT2D eigenvalue weighted by Crippen LogP contribution is -2.40. The van der Waals surface area contributed by atoms with Gasteiger partial charge in [-0.25, -0.2) is 4.98 Å². The summed E-state index contributed by atoms with van der Waals surface area (Å²) in [6.07, 6.45) is 4.30. The molecule has 0 radical (unpaired) electrons. The molecule has 0 aliphatic carbocycles. The van der Waals surface area contributed by atoms with E-state index < -0.39 is 0 Å². The van der Waals surface area contributed by atoms with Crippen LogP contribution in [0.5, 0.6) is 5.88 Å². The normalized spacial score (nSPS) is 22.3. The Labute approximate surface area is 187 Å². The Morgan fingerprint density at radius 2 is 1.80 bits per heavy atom. The fourth-order valence-corrected chi connectivity index (χ4v) is 4.76. The number of rotatable bonds is 6. The van der Waals surface area contributed by atoms with Crippen LogP contribution < -0.4 is 10.1 Å². The molecular formula is C23H27Cl2N3O2. The van der Waals surface area contributed by atoms with Crippen molar-refractivity contribution in [3.63, 3.8) is 0 Å². The lowest BCUT2D eigenvalue weighted by molar-refractivity contribution is -0.135. The molecular weight excluding hydrogens is 421 g/mol. The standard InChI is InChI=1S/C23H27Cl2N3O2/c24-19-3-1-16(2-4-19)21-15-28(23(29)17-7-10-26-11-8-17)14-18(21)9-12-30-22-6-5-20(25)13-27-22/h1-6,13,17-18,21,26H,7-12,14-15H2/t18-,21+/m0/s1. The number of nitrogens with zero attached hydrogens (tertiary/aromatic N) is 2. The molecule has 1 aromatic heterocycles. The highest BCUT2D eigenvalue weighted by Gasteiger charge is 2.38. The van der Waals surface area contributed by atoms with Crippen molar-refractivity contribution >= 4 is 29.1 Å². The van der Waals surface area contributed by atoms with E-state index >= 15 is 0 Å². The molecule has 2 saturated heterocycles. The molecule has 2 atom stereocenters. The molecule has 2 fully saturated rings. The molecule has 1 aromatic carbocycles. The number of ether oxygens (including phenoxy) is 1. The van der Waals surface area contributed by atoms with Gasteiger partial charge in [-0.05, 0) is 62.0 Å². The number of likely N-dealkylation sites (tertiary alicyclic amines) is 1. The van der Waals surface area contributed by atoms with Crippen LogP contribution in [0.2, 0.25) is 10.0 Å². The van der Waals surface area contributed by atoms with E-state index in [2.05, 4.69) is 27.3 Å². The number of carbonyl (C=O) groups is 1. The summed E-state index contributed by atoms with van der Waals surface area (Å²) in [5.41, 5.74) is 1.23. The van der Waals surface area contributed by atoms with Gasteiger partial charge in [0.15, 0.2) is 0 Å². The van der Waals surface area contributed by atoms with Crippen molar-refractivity contribution in [2.45, 2.75) is 25.2 Å². The minimum absolute atomic E-state index is 0.144.